The number of methoxy groups -OCH3 is 1. The van der Waals surface area contributed by atoms with Crippen molar-refractivity contribution in [3.05, 3.63) is 53.8 Å². The SMILES string of the molecule is COc1cnc(-c2cc(Cl)ccc2F)nc1Nc1ccncn1. The minimum Gasteiger partial charge on any atom is -0.491 e. The number of halogens is 2. The number of benzene rings is 1. The van der Waals surface area contributed by atoms with Gasteiger partial charge in [-0.25, -0.2) is 24.3 Å². The minimum atomic E-state index is -0.465. The van der Waals surface area contributed by atoms with Crippen molar-refractivity contribution < 1.29 is 9.13 Å². The Morgan fingerprint density at radius 3 is 2.83 bits per heavy atom. The van der Waals surface area contributed by atoms with Crippen LogP contribution in [0.25, 0.3) is 11.4 Å². The summed E-state index contributed by atoms with van der Waals surface area (Å²) in [6, 6.07) is 5.86. The number of hydrogen-bond donors (Lipinski definition) is 1. The van der Waals surface area contributed by atoms with E-state index in [0.29, 0.717) is 22.4 Å². The maximum Gasteiger partial charge on any atom is 0.179 e. The maximum atomic E-state index is 14.0. The van der Waals surface area contributed by atoms with E-state index in [4.69, 9.17) is 16.3 Å². The van der Waals surface area contributed by atoms with Crippen molar-refractivity contribution in [3.8, 4) is 17.1 Å². The van der Waals surface area contributed by atoms with Crippen molar-refractivity contribution in [2.45, 2.75) is 0 Å². The molecule has 2 aromatic heterocycles. The molecule has 0 fully saturated rings. The number of ether oxygens (including phenoxy) is 1. The zero-order valence-corrected chi connectivity index (χ0v) is 12.8. The Morgan fingerprint density at radius 2 is 2.09 bits per heavy atom. The summed E-state index contributed by atoms with van der Waals surface area (Å²) in [6.45, 7) is 0. The van der Waals surface area contributed by atoms with Crippen molar-refractivity contribution in [2.75, 3.05) is 12.4 Å². The highest BCUT2D eigenvalue weighted by molar-refractivity contribution is 6.30. The van der Waals surface area contributed by atoms with E-state index in [1.165, 1.54) is 37.8 Å². The second-order valence-corrected chi connectivity index (χ2v) is 4.89. The summed E-state index contributed by atoms with van der Waals surface area (Å²) in [5, 5.41) is 3.38. The van der Waals surface area contributed by atoms with Crippen molar-refractivity contribution in [1.82, 2.24) is 19.9 Å². The Morgan fingerprint density at radius 1 is 1.22 bits per heavy atom. The summed E-state index contributed by atoms with van der Waals surface area (Å²) < 4.78 is 19.2. The number of hydrogen-bond acceptors (Lipinski definition) is 6. The molecule has 0 saturated heterocycles. The lowest BCUT2D eigenvalue weighted by atomic mass is 10.2. The number of nitrogens with zero attached hydrogens (tertiary/aromatic N) is 4. The molecule has 1 N–H and O–H groups in total. The molecular formula is C15H11ClFN5O. The van der Waals surface area contributed by atoms with Crippen molar-refractivity contribution in [1.29, 1.82) is 0 Å². The monoisotopic (exact) mass is 331 g/mol. The van der Waals surface area contributed by atoms with Crippen LogP contribution in [0, 0.1) is 5.82 Å². The first-order valence-electron chi connectivity index (χ1n) is 6.57. The zero-order valence-electron chi connectivity index (χ0n) is 12.0. The largest absolute Gasteiger partial charge is 0.491 e. The molecule has 1 aromatic carbocycles. The van der Waals surface area contributed by atoms with Crippen molar-refractivity contribution in [3.63, 3.8) is 0 Å². The first kappa shape index (κ1) is 15.1. The molecule has 2 heterocycles. The first-order valence-corrected chi connectivity index (χ1v) is 6.94. The van der Waals surface area contributed by atoms with Gasteiger partial charge in [-0.2, -0.15) is 0 Å². The fraction of sp³-hybridized carbons (Fsp3) is 0.0667. The molecule has 3 aromatic rings. The number of aromatic nitrogens is 4. The first-order chi connectivity index (χ1) is 11.2. The highest BCUT2D eigenvalue weighted by Gasteiger charge is 2.13. The Kier molecular flexibility index (Phi) is 4.29. The fourth-order valence-electron chi connectivity index (χ4n) is 1.89. The van der Waals surface area contributed by atoms with Crippen molar-refractivity contribution >= 4 is 23.2 Å². The van der Waals surface area contributed by atoms with E-state index in [1.807, 2.05) is 0 Å². The van der Waals surface area contributed by atoms with E-state index in [2.05, 4.69) is 25.3 Å². The van der Waals surface area contributed by atoms with Gasteiger partial charge in [-0.05, 0) is 24.3 Å². The molecule has 6 nitrogen and oxygen atoms in total. The Labute approximate surface area is 136 Å². The van der Waals surface area contributed by atoms with Gasteiger partial charge in [-0.15, -0.1) is 0 Å². The minimum absolute atomic E-state index is 0.183. The topological polar surface area (TPSA) is 72.8 Å². The molecule has 3 rings (SSSR count). The van der Waals surface area contributed by atoms with Crippen LogP contribution in [0.3, 0.4) is 0 Å². The molecule has 23 heavy (non-hydrogen) atoms. The second kappa shape index (κ2) is 6.53. The Balaban J connectivity index is 2.04. The van der Waals surface area contributed by atoms with Crippen LogP contribution in [0.1, 0.15) is 0 Å². The van der Waals surface area contributed by atoms with E-state index in [0.717, 1.165) is 0 Å². The van der Waals surface area contributed by atoms with Gasteiger partial charge in [-0.3, -0.25) is 0 Å². The lowest BCUT2D eigenvalue weighted by Crippen LogP contribution is -2.02. The average molecular weight is 332 g/mol. The molecule has 0 saturated carbocycles. The van der Waals surface area contributed by atoms with Gasteiger partial charge in [0.25, 0.3) is 0 Å². The van der Waals surface area contributed by atoms with Crippen LogP contribution in [-0.4, -0.2) is 27.0 Å². The molecule has 0 unspecified atom stereocenters. The van der Waals surface area contributed by atoms with Crippen LogP contribution in [0.5, 0.6) is 5.75 Å². The molecule has 0 aliphatic heterocycles. The van der Waals surface area contributed by atoms with Crippen LogP contribution in [0.2, 0.25) is 5.02 Å². The van der Waals surface area contributed by atoms with E-state index in [9.17, 15) is 4.39 Å². The smallest absolute Gasteiger partial charge is 0.179 e. The summed E-state index contributed by atoms with van der Waals surface area (Å²) in [7, 11) is 1.49. The van der Waals surface area contributed by atoms with Crippen LogP contribution in [0.4, 0.5) is 16.0 Å². The normalized spacial score (nSPS) is 10.4. The maximum absolute atomic E-state index is 14.0. The summed E-state index contributed by atoms with van der Waals surface area (Å²) in [5.74, 6) is 0.995. The molecule has 0 spiro atoms. The van der Waals surface area contributed by atoms with Gasteiger partial charge in [0, 0.05) is 11.2 Å². The third-order valence-electron chi connectivity index (χ3n) is 2.97. The Bertz CT molecular complexity index is 831. The lowest BCUT2D eigenvalue weighted by molar-refractivity contribution is 0.413. The van der Waals surface area contributed by atoms with Gasteiger partial charge in [0.05, 0.1) is 18.9 Å². The third kappa shape index (κ3) is 3.35. The summed E-state index contributed by atoms with van der Waals surface area (Å²) >= 11 is 5.92. The molecule has 8 heteroatoms. The van der Waals surface area contributed by atoms with Crippen molar-refractivity contribution in [2.24, 2.45) is 0 Å². The highest BCUT2D eigenvalue weighted by atomic mass is 35.5. The van der Waals surface area contributed by atoms with Crippen LogP contribution < -0.4 is 10.1 Å². The molecular weight excluding hydrogens is 321 g/mol. The number of rotatable bonds is 4. The second-order valence-electron chi connectivity index (χ2n) is 4.45. The van der Waals surface area contributed by atoms with Crippen LogP contribution in [-0.2, 0) is 0 Å². The van der Waals surface area contributed by atoms with Gasteiger partial charge >= 0.3 is 0 Å². The molecule has 116 valence electrons. The predicted molar refractivity (Wildman–Crippen MR) is 84.3 cm³/mol. The van der Waals surface area contributed by atoms with Gasteiger partial charge in [0.15, 0.2) is 17.4 Å². The van der Waals surface area contributed by atoms with Gasteiger partial charge in [-0.1, -0.05) is 11.6 Å². The van der Waals surface area contributed by atoms with E-state index in [-0.39, 0.29) is 11.4 Å². The number of nitrogens with one attached hydrogen (secondary N) is 1. The van der Waals surface area contributed by atoms with Gasteiger partial charge < -0.3 is 10.1 Å². The lowest BCUT2D eigenvalue weighted by Gasteiger charge is -2.11. The van der Waals surface area contributed by atoms with Crippen LogP contribution in [0.15, 0.2) is 43.0 Å². The fourth-order valence-corrected chi connectivity index (χ4v) is 2.07. The Hall–Kier alpha value is -2.80. The molecule has 0 aliphatic carbocycles. The van der Waals surface area contributed by atoms with Gasteiger partial charge in [0.2, 0.25) is 0 Å². The highest BCUT2D eigenvalue weighted by Crippen LogP contribution is 2.29. The summed E-state index contributed by atoms with van der Waals surface area (Å²) in [4.78, 5) is 16.3. The molecule has 0 aliphatic rings. The summed E-state index contributed by atoms with van der Waals surface area (Å²) in [6.07, 6.45) is 4.43. The van der Waals surface area contributed by atoms with E-state index >= 15 is 0 Å². The standard InChI is InChI=1S/C15H11ClFN5O/c1-23-12-7-19-14(10-6-9(16)2-3-11(10)17)22-15(12)21-13-4-5-18-8-20-13/h2-8H,1H3,(H,18,19,20,21,22). The quantitative estimate of drug-likeness (QED) is 0.789. The van der Waals surface area contributed by atoms with E-state index < -0.39 is 5.82 Å². The molecule has 0 amide bonds. The van der Waals surface area contributed by atoms with Gasteiger partial charge in [0.1, 0.15) is 18.0 Å². The zero-order chi connectivity index (χ0) is 16.2. The number of anilines is 2. The summed E-state index contributed by atoms with van der Waals surface area (Å²) in [5.41, 5.74) is 0.200. The molecule has 0 radical (unpaired) electrons. The molecule has 0 bridgehead atoms. The third-order valence-corrected chi connectivity index (χ3v) is 3.21. The molecule has 0 atom stereocenters. The van der Waals surface area contributed by atoms with Crippen LogP contribution >= 0.6 is 11.6 Å². The predicted octanol–water partition coefficient (Wildman–Crippen LogP) is 3.48. The average Bonchev–Trinajstić information content (AvgIpc) is 2.58. The van der Waals surface area contributed by atoms with E-state index in [1.54, 1.807) is 12.3 Å².